The Morgan fingerprint density at radius 2 is 1.54 bits per heavy atom. The van der Waals surface area contributed by atoms with Crippen molar-refractivity contribution in [3.05, 3.63) is 71.8 Å². The fraction of sp³-hybridized carbons (Fsp3) is 0.364. The number of rotatable bonds is 9. The maximum atomic E-state index is 13.5. The molecule has 1 atom stereocenters. The zero-order chi connectivity index (χ0) is 19.0. The van der Waals surface area contributed by atoms with Gasteiger partial charge in [0.2, 0.25) is 0 Å². The van der Waals surface area contributed by atoms with Crippen molar-refractivity contribution in [1.82, 2.24) is 0 Å². The van der Waals surface area contributed by atoms with Gasteiger partial charge in [0.15, 0.2) is 11.4 Å². The SMILES string of the molecule is COC(=O)CCC(OCC(C)C)(C(=O)c1ccccc1)c1ccccc1. The minimum absolute atomic E-state index is 0.0993. The van der Waals surface area contributed by atoms with Gasteiger partial charge in [0.05, 0.1) is 13.7 Å². The van der Waals surface area contributed by atoms with Gasteiger partial charge >= 0.3 is 5.97 Å². The van der Waals surface area contributed by atoms with Gasteiger partial charge in [-0.15, -0.1) is 0 Å². The molecule has 0 heterocycles. The van der Waals surface area contributed by atoms with Crippen LogP contribution >= 0.6 is 0 Å². The van der Waals surface area contributed by atoms with Crippen LogP contribution in [0, 0.1) is 5.92 Å². The van der Waals surface area contributed by atoms with Crippen LogP contribution in [0.4, 0.5) is 0 Å². The van der Waals surface area contributed by atoms with E-state index in [1.807, 2.05) is 62.4 Å². The Morgan fingerprint density at radius 3 is 2.08 bits per heavy atom. The number of Topliss-reactive ketones (excluding diaryl/α,β-unsaturated/α-hetero) is 1. The Balaban J connectivity index is 2.50. The smallest absolute Gasteiger partial charge is 0.305 e. The molecule has 2 aromatic carbocycles. The van der Waals surface area contributed by atoms with E-state index in [2.05, 4.69) is 0 Å². The molecule has 0 aromatic heterocycles. The summed E-state index contributed by atoms with van der Waals surface area (Å²) in [6.07, 6.45) is 0.326. The van der Waals surface area contributed by atoms with Gasteiger partial charge in [0, 0.05) is 12.0 Å². The van der Waals surface area contributed by atoms with Gasteiger partial charge in [0.25, 0.3) is 0 Å². The largest absolute Gasteiger partial charge is 0.469 e. The molecule has 4 heteroatoms. The van der Waals surface area contributed by atoms with Crippen LogP contribution in [0.25, 0.3) is 0 Å². The van der Waals surface area contributed by atoms with E-state index in [1.165, 1.54) is 7.11 Å². The summed E-state index contributed by atoms with van der Waals surface area (Å²) in [5, 5.41) is 0. The van der Waals surface area contributed by atoms with Crippen LogP contribution in [0.3, 0.4) is 0 Å². The van der Waals surface area contributed by atoms with E-state index in [-0.39, 0.29) is 30.5 Å². The highest BCUT2D eigenvalue weighted by atomic mass is 16.5. The second-order valence-electron chi connectivity index (χ2n) is 6.67. The summed E-state index contributed by atoms with van der Waals surface area (Å²) in [4.78, 5) is 25.3. The third kappa shape index (κ3) is 4.79. The lowest BCUT2D eigenvalue weighted by molar-refractivity contribution is -0.142. The third-order valence-corrected chi connectivity index (χ3v) is 4.21. The van der Waals surface area contributed by atoms with E-state index >= 15 is 0 Å². The maximum Gasteiger partial charge on any atom is 0.305 e. The summed E-state index contributed by atoms with van der Waals surface area (Å²) in [7, 11) is 1.35. The molecule has 2 aromatic rings. The molecule has 0 saturated carbocycles. The number of esters is 1. The summed E-state index contributed by atoms with van der Waals surface area (Å²) < 4.78 is 11.0. The molecule has 0 saturated heterocycles. The lowest BCUT2D eigenvalue weighted by Gasteiger charge is -2.34. The molecule has 1 unspecified atom stereocenters. The van der Waals surface area contributed by atoms with Crippen molar-refractivity contribution in [2.75, 3.05) is 13.7 Å². The van der Waals surface area contributed by atoms with Crippen LogP contribution in [0.5, 0.6) is 0 Å². The number of ether oxygens (including phenoxy) is 2. The molecular weight excluding hydrogens is 328 g/mol. The highest BCUT2D eigenvalue weighted by Crippen LogP contribution is 2.35. The Labute approximate surface area is 155 Å². The molecule has 0 aliphatic carbocycles. The molecule has 0 spiro atoms. The number of ketones is 1. The number of methoxy groups -OCH3 is 1. The second-order valence-corrected chi connectivity index (χ2v) is 6.67. The van der Waals surface area contributed by atoms with Crippen LogP contribution < -0.4 is 0 Å². The van der Waals surface area contributed by atoms with Crippen molar-refractivity contribution in [1.29, 1.82) is 0 Å². The van der Waals surface area contributed by atoms with Crippen LogP contribution in [-0.2, 0) is 19.9 Å². The average Bonchev–Trinajstić information content (AvgIpc) is 2.69. The summed E-state index contributed by atoms with van der Waals surface area (Å²) in [5.74, 6) is -0.257. The van der Waals surface area contributed by atoms with Crippen LogP contribution in [-0.4, -0.2) is 25.5 Å². The lowest BCUT2D eigenvalue weighted by atomic mass is 9.81. The van der Waals surface area contributed by atoms with E-state index in [4.69, 9.17) is 9.47 Å². The zero-order valence-electron chi connectivity index (χ0n) is 15.6. The molecule has 2 rings (SSSR count). The predicted molar refractivity (Wildman–Crippen MR) is 101 cm³/mol. The molecule has 0 aliphatic heterocycles. The Hall–Kier alpha value is -2.46. The van der Waals surface area contributed by atoms with Crippen LogP contribution in [0.2, 0.25) is 0 Å². The second kappa shape index (κ2) is 9.30. The summed E-state index contributed by atoms with van der Waals surface area (Å²) in [6, 6.07) is 18.5. The van der Waals surface area contributed by atoms with E-state index in [0.29, 0.717) is 12.2 Å². The van der Waals surface area contributed by atoms with E-state index in [9.17, 15) is 9.59 Å². The highest BCUT2D eigenvalue weighted by molar-refractivity contribution is 6.03. The van der Waals surface area contributed by atoms with Crippen molar-refractivity contribution >= 4 is 11.8 Å². The first-order chi connectivity index (χ1) is 12.5. The first-order valence-corrected chi connectivity index (χ1v) is 8.85. The first-order valence-electron chi connectivity index (χ1n) is 8.85. The molecule has 0 fully saturated rings. The van der Waals surface area contributed by atoms with Crippen molar-refractivity contribution in [2.45, 2.75) is 32.3 Å². The molecule has 26 heavy (non-hydrogen) atoms. The molecule has 0 N–H and O–H groups in total. The normalized spacial score (nSPS) is 13.2. The van der Waals surface area contributed by atoms with Gasteiger partial charge in [0.1, 0.15) is 0 Å². The lowest BCUT2D eigenvalue weighted by Crippen LogP contribution is -2.40. The molecule has 0 amide bonds. The first kappa shape index (κ1) is 19.9. The van der Waals surface area contributed by atoms with Crippen molar-refractivity contribution in [2.24, 2.45) is 5.92 Å². The number of hydrogen-bond donors (Lipinski definition) is 0. The van der Waals surface area contributed by atoms with Gasteiger partial charge in [-0.05, 0) is 17.9 Å². The van der Waals surface area contributed by atoms with Crippen molar-refractivity contribution in [3.63, 3.8) is 0 Å². The standard InChI is InChI=1S/C22H26O4/c1-17(2)16-26-22(15-14-20(23)25-3,19-12-8-5-9-13-19)21(24)18-10-6-4-7-11-18/h4-13,17H,14-16H2,1-3H3. The number of carbonyl (C=O) groups is 2. The Morgan fingerprint density at radius 1 is 0.962 bits per heavy atom. The number of carbonyl (C=O) groups excluding carboxylic acids is 2. The van der Waals surface area contributed by atoms with Gasteiger partial charge in [-0.3, -0.25) is 9.59 Å². The topological polar surface area (TPSA) is 52.6 Å². The Bertz CT molecular complexity index is 709. The molecule has 4 nitrogen and oxygen atoms in total. The van der Waals surface area contributed by atoms with Crippen molar-refractivity contribution in [3.8, 4) is 0 Å². The van der Waals surface area contributed by atoms with Gasteiger partial charge < -0.3 is 9.47 Å². The van der Waals surface area contributed by atoms with E-state index < -0.39 is 5.60 Å². The number of hydrogen-bond acceptors (Lipinski definition) is 4. The molecule has 138 valence electrons. The fourth-order valence-electron chi connectivity index (χ4n) is 2.83. The maximum absolute atomic E-state index is 13.5. The molecular formula is C22H26O4. The fourth-order valence-corrected chi connectivity index (χ4v) is 2.83. The summed E-state index contributed by atoms with van der Waals surface area (Å²) >= 11 is 0. The van der Waals surface area contributed by atoms with Gasteiger partial charge in [-0.2, -0.15) is 0 Å². The monoisotopic (exact) mass is 354 g/mol. The summed E-state index contributed by atoms with van der Waals surface area (Å²) in [6.45, 7) is 4.47. The highest BCUT2D eigenvalue weighted by Gasteiger charge is 2.42. The van der Waals surface area contributed by atoms with Crippen LogP contribution in [0.15, 0.2) is 60.7 Å². The molecule has 0 aliphatic rings. The predicted octanol–water partition coefficient (Wildman–Crippen LogP) is 4.39. The van der Waals surface area contributed by atoms with Crippen LogP contribution in [0.1, 0.15) is 42.6 Å². The van der Waals surface area contributed by atoms with Gasteiger partial charge in [-0.25, -0.2) is 0 Å². The van der Waals surface area contributed by atoms with Gasteiger partial charge in [-0.1, -0.05) is 74.5 Å². The molecule has 0 bridgehead atoms. The molecule has 0 radical (unpaired) electrons. The summed E-state index contributed by atoms with van der Waals surface area (Å²) in [5.41, 5.74) is 0.0875. The minimum atomic E-state index is -1.22. The van der Waals surface area contributed by atoms with E-state index in [0.717, 1.165) is 5.56 Å². The average molecular weight is 354 g/mol. The van der Waals surface area contributed by atoms with Crippen molar-refractivity contribution < 1.29 is 19.1 Å². The number of benzene rings is 2. The minimum Gasteiger partial charge on any atom is -0.469 e. The third-order valence-electron chi connectivity index (χ3n) is 4.21. The Kier molecular flexibility index (Phi) is 7.10. The quantitative estimate of drug-likeness (QED) is 0.495. The van der Waals surface area contributed by atoms with E-state index in [1.54, 1.807) is 12.1 Å². The zero-order valence-corrected chi connectivity index (χ0v) is 15.6.